The lowest BCUT2D eigenvalue weighted by Gasteiger charge is -2.21. The number of hydrogen-bond donors (Lipinski definition) is 1. The number of halogens is 1. The Kier molecular flexibility index (Phi) is 5.77. The molecule has 0 aliphatic heterocycles. The number of rotatable bonds is 5. The number of benzene rings is 2. The predicted molar refractivity (Wildman–Crippen MR) is 139 cm³/mol. The van der Waals surface area contributed by atoms with Gasteiger partial charge in [0, 0.05) is 39.4 Å². The van der Waals surface area contributed by atoms with E-state index in [0.29, 0.717) is 33.5 Å². The Morgan fingerprint density at radius 3 is 2.59 bits per heavy atom. The first-order valence-corrected chi connectivity index (χ1v) is 11.7. The van der Waals surface area contributed by atoms with E-state index in [-0.39, 0.29) is 29.0 Å². The molecule has 0 saturated heterocycles. The third-order valence-electron chi connectivity index (χ3n) is 6.43. The number of hydrogen-bond acceptors (Lipinski definition) is 6. The summed E-state index contributed by atoms with van der Waals surface area (Å²) >= 11 is 0. The van der Waals surface area contributed by atoms with Gasteiger partial charge in [0.25, 0.3) is 11.5 Å². The van der Waals surface area contributed by atoms with Crippen molar-refractivity contribution >= 4 is 28.1 Å². The SMILES string of the molecule is Cc1cc(C(C)Nc2ccc(F)cc2-c2cn(C)nn2)c2c(c1)c(=O)n(C)c1c(C(=O)N(C)C)ncn21. The van der Waals surface area contributed by atoms with Crippen LogP contribution in [-0.4, -0.2) is 53.8 Å². The minimum atomic E-state index is -0.387. The Bertz CT molecular complexity index is 1750. The molecular weight excluding hydrogens is 475 g/mol. The van der Waals surface area contributed by atoms with Gasteiger partial charge in [-0.1, -0.05) is 11.3 Å². The number of imidazole rings is 1. The fourth-order valence-corrected chi connectivity index (χ4v) is 4.67. The molecule has 1 unspecified atom stereocenters. The molecule has 0 aliphatic rings. The fraction of sp³-hybridized carbons (Fsp3) is 0.269. The first-order valence-electron chi connectivity index (χ1n) is 11.7. The van der Waals surface area contributed by atoms with Gasteiger partial charge in [-0.2, -0.15) is 0 Å². The van der Waals surface area contributed by atoms with Crippen molar-refractivity contribution in [3.63, 3.8) is 0 Å². The molecule has 1 amide bonds. The minimum Gasteiger partial charge on any atom is -0.378 e. The molecule has 0 bridgehead atoms. The van der Waals surface area contributed by atoms with E-state index in [2.05, 4.69) is 20.6 Å². The molecule has 3 heterocycles. The highest BCUT2D eigenvalue weighted by Crippen LogP contribution is 2.33. The van der Waals surface area contributed by atoms with Crippen LogP contribution in [0.3, 0.4) is 0 Å². The first kappa shape index (κ1) is 24.2. The van der Waals surface area contributed by atoms with E-state index >= 15 is 0 Å². The number of carbonyl (C=O) groups excluding carboxylic acids is 1. The van der Waals surface area contributed by atoms with Gasteiger partial charge >= 0.3 is 0 Å². The van der Waals surface area contributed by atoms with E-state index in [0.717, 1.165) is 11.1 Å². The van der Waals surface area contributed by atoms with Crippen LogP contribution >= 0.6 is 0 Å². The summed E-state index contributed by atoms with van der Waals surface area (Å²) in [5.41, 5.74) is 4.53. The lowest BCUT2D eigenvalue weighted by Crippen LogP contribution is -2.26. The second-order valence-electron chi connectivity index (χ2n) is 9.43. The molecule has 2 aromatic carbocycles. The molecule has 10 nitrogen and oxygen atoms in total. The average Bonchev–Trinajstić information content (AvgIpc) is 3.49. The maximum absolute atomic E-state index is 14.2. The quantitative estimate of drug-likeness (QED) is 0.396. The molecule has 0 saturated carbocycles. The topological polar surface area (TPSA) is 102 Å². The zero-order chi connectivity index (χ0) is 26.6. The van der Waals surface area contributed by atoms with Gasteiger partial charge in [0.15, 0.2) is 11.3 Å². The van der Waals surface area contributed by atoms with Crippen molar-refractivity contribution in [1.29, 1.82) is 0 Å². The smallest absolute Gasteiger partial charge is 0.275 e. The van der Waals surface area contributed by atoms with Gasteiger partial charge in [-0.05, 0) is 49.2 Å². The fourth-order valence-electron chi connectivity index (χ4n) is 4.67. The lowest BCUT2D eigenvalue weighted by molar-refractivity contribution is 0.0824. The van der Waals surface area contributed by atoms with Gasteiger partial charge in [-0.25, -0.2) is 9.37 Å². The number of anilines is 1. The Morgan fingerprint density at radius 1 is 1.16 bits per heavy atom. The van der Waals surface area contributed by atoms with Crippen molar-refractivity contribution in [1.82, 2.24) is 33.8 Å². The van der Waals surface area contributed by atoms with Crippen molar-refractivity contribution in [2.24, 2.45) is 14.1 Å². The van der Waals surface area contributed by atoms with Crippen molar-refractivity contribution in [3.05, 3.63) is 75.8 Å². The summed E-state index contributed by atoms with van der Waals surface area (Å²) in [5, 5.41) is 12.1. The average molecular weight is 503 g/mol. The molecule has 37 heavy (non-hydrogen) atoms. The minimum absolute atomic E-state index is 0.196. The zero-order valence-electron chi connectivity index (χ0n) is 21.4. The van der Waals surface area contributed by atoms with Gasteiger partial charge in [-0.15, -0.1) is 5.10 Å². The standard InChI is InChI=1S/C26H27FN8O2/c1-14-9-17(15(2)29-20-8-7-16(27)11-18(20)21-12-33(5)31-30-21)23-19(10-14)25(36)34(6)24-22(26(37)32(3)4)28-13-35(23)24/h7-13,15,29H,1-6H3. The largest absolute Gasteiger partial charge is 0.378 e. The molecule has 11 heteroatoms. The third-order valence-corrected chi connectivity index (χ3v) is 6.43. The van der Waals surface area contributed by atoms with E-state index in [4.69, 9.17) is 0 Å². The van der Waals surface area contributed by atoms with Gasteiger partial charge in [0.1, 0.15) is 17.8 Å². The maximum atomic E-state index is 14.2. The number of amides is 1. The molecule has 0 fully saturated rings. The zero-order valence-corrected chi connectivity index (χ0v) is 21.4. The van der Waals surface area contributed by atoms with Gasteiger partial charge in [0.05, 0.1) is 23.1 Å². The van der Waals surface area contributed by atoms with Crippen LogP contribution in [0.15, 0.2) is 47.7 Å². The molecule has 5 aromatic rings. The van der Waals surface area contributed by atoms with Crippen LogP contribution in [0.2, 0.25) is 0 Å². The summed E-state index contributed by atoms with van der Waals surface area (Å²) in [6, 6.07) is 7.98. The summed E-state index contributed by atoms with van der Waals surface area (Å²) in [6.07, 6.45) is 3.29. The summed E-state index contributed by atoms with van der Waals surface area (Å²) in [4.78, 5) is 32.1. The van der Waals surface area contributed by atoms with Gasteiger partial charge < -0.3 is 10.2 Å². The molecule has 0 aliphatic carbocycles. The number of aryl methyl sites for hydroxylation is 3. The van der Waals surface area contributed by atoms with Crippen LogP contribution in [0.25, 0.3) is 27.8 Å². The van der Waals surface area contributed by atoms with Gasteiger partial charge in [0.2, 0.25) is 0 Å². The van der Waals surface area contributed by atoms with Crippen molar-refractivity contribution in [2.75, 3.05) is 19.4 Å². The molecule has 1 atom stereocenters. The number of carbonyl (C=O) groups is 1. The second-order valence-corrected chi connectivity index (χ2v) is 9.43. The number of nitrogens with zero attached hydrogens (tertiary/aromatic N) is 7. The molecule has 3 aromatic heterocycles. The van der Waals surface area contributed by atoms with Crippen LogP contribution in [-0.2, 0) is 14.1 Å². The summed E-state index contributed by atoms with van der Waals surface area (Å²) in [6.45, 7) is 3.89. The van der Waals surface area contributed by atoms with E-state index in [1.54, 1.807) is 55.9 Å². The van der Waals surface area contributed by atoms with Crippen LogP contribution in [0.1, 0.15) is 34.6 Å². The van der Waals surface area contributed by atoms with Crippen LogP contribution < -0.4 is 10.9 Å². The molecule has 0 spiro atoms. The monoisotopic (exact) mass is 502 g/mol. The second kappa shape index (κ2) is 8.84. The predicted octanol–water partition coefficient (Wildman–Crippen LogP) is 3.30. The third kappa shape index (κ3) is 4.02. The number of fused-ring (bicyclic) bond motifs is 3. The Balaban J connectivity index is 1.71. The van der Waals surface area contributed by atoms with E-state index in [1.807, 2.05) is 26.0 Å². The Morgan fingerprint density at radius 2 is 1.92 bits per heavy atom. The number of nitrogens with one attached hydrogen (secondary N) is 1. The normalized spacial score (nSPS) is 12.3. The summed E-state index contributed by atoms with van der Waals surface area (Å²) < 4.78 is 19.0. The molecule has 1 N–H and O–H groups in total. The Hall–Kier alpha value is -4.54. The van der Waals surface area contributed by atoms with Crippen molar-refractivity contribution in [2.45, 2.75) is 19.9 Å². The van der Waals surface area contributed by atoms with Crippen molar-refractivity contribution in [3.8, 4) is 11.3 Å². The molecule has 190 valence electrons. The van der Waals surface area contributed by atoms with Crippen LogP contribution in [0.4, 0.5) is 10.1 Å². The van der Waals surface area contributed by atoms with E-state index in [1.165, 1.54) is 21.6 Å². The highest BCUT2D eigenvalue weighted by molar-refractivity contribution is 5.99. The summed E-state index contributed by atoms with van der Waals surface area (Å²) in [7, 11) is 6.67. The number of aromatic nitrogens is 6. The molecular formula is C26H27FN8O2. The highest BCUT2D eigenvalue weighted by atomic mass is 19.1. The highest BCUT2D eigenvalue weighted by Gasteiger charge is 2.23. The Labute approximate surface area is 212 Å². The van der Waals surface area contributed by atoms with Gasteiger partial charge in [-0.3, -0.25) is 23.2 Å². The summed E-state index contributed by atoms with van der Waals surface area (Å²) in [5.74, 6) is -0.682. The maximum Gasteiger partial charge on any atom is 0.275 e. The van der Waals surface area contributed by atoms with E-state index < -0.39 is 0 Å². The van der Waals surface area contributed by atoms with Crippen molar-refractivity contribution < 1.29 is 9.18 Å². The lowest BCUT2D eigenvalue weighted by atomic mass is 10.00. The molecule has 5 rings (SSSR count). The molecule has 0 radical (unpaired) electrons. The first-order chi connectivity index (χ1) is 17.6. The van der Waals surface area contributed by atoms with E-state index in [9.17, 15) is 14.0 Å². The van der Waals surface area contributed by atoms with Crippen LogP contribution in [0, 0.1) is 12.7 Å². The van der Waals surface area contributed by atoms with Crippen LogP contribution in [0.5, 0.6) is 0 Å².